The van der Waals surface area contributed by atoms with Gasteiger partial charge in [0.1, 0.15) is 70.1 Å². The summed E-state index contributed by atoms with van der Waals surface area (Å²) in [6, 6.07) is 7.71. The molecule has 32 heteroatoms. The van der Waals surface area contributed by atoms with E-state index in [1.807, 2.05) is 38.3 Å². The van der Waals surface area contributed by atoms with Crippen LogP contribution in [-0.2, 0) is 49.3 Å². The lowest BCUT2D eigenvalue weighted by molar-refractivity contribution is -0.143. The van der Waals surface area contributed by atoms with Crippen molar-refractivity contribution in [3.63, 3.8) is 0 Å². The highest BCUT2D eigenvalue weighted by Crippen LogP contribution is 2.46. The molecule has 3 heterocycles. The number of nitrogens with zero attached hydrogens (tertiary/aromatic N) is 2. The first-order valence-corrected chi connectivity index (χ1v) is 31.5. The van der Waals surface area contributed by atoms with Gasteiger partial charge in [0.2, 0.25) is 0 Å². The molecule has 0 aromatic heterocycles. The number of carboxylic acid groups (broad SMARTS) is 1. The second-order valence-electron chi connectivity index (χ2n) is 23.2. The maximum Gasteiger partial charge on any atom is 0.498 e. The van der Waals surface area contributed by atoms with Crippen LogP contribution in [0.15, 0.2) is 77.3 Å². The van der Waals surface area contributed by atoms with Crippen LogP contribution >= 0.6 is 62.3 Å². The average Bonchev–Trinajstić information content (AvgIpc) is 1.43. The number of anilines is 2. The summed E-state index contributed by atoms with van der Waals surface area (Å²) in [5.41, 5.74) is 0.338. The predicted molar refractivity (Wildman–Crippen MR) is 349 cm³/mol. The van der Waals surface area contributed by atoms with E-state index >= 15 is 0 Å². The Hall–Kier alpha value is -7.70. The molecule has 0 aliphatic carbocycles. The van der Waals surface area contributed by atoms with Gasteiger partial charge in [-0.2, -0.15) is 26.3 Å². The number of alkyl halides is 6. The van der Waals surface area contributed by atoms with Crippen LogP contribution in [0.3, 0.4) is 0 Å². The lowest BCUT2D eigenvalue weighted by Gasteiger charge is -2.32. The van der Waals surface area contributed by atoms with E-state index in [9.17, 15) is 68.2 Å². The van der Waals surface area contributed by atoms with E-state index in [4.69, 9.17) is 83.1 Å². The maximum atomic E-state index is 14.8. The molecule has 6 aromatic rings. The first-order chi connectivity index (χ1) is 45.3. The van der Waals surface area contributed by atoms with Gasteiger partial charge in [-0.05, 0) is 154 Å². The number of fused-ring (bicyclic) bond motifs is 2. The van der Waals surface area contributed by atoms with E-state index in [0.717, 1.165) is 26.5 Å². The number of methoxy groups -OCH3 is 1. The van der Waals surface area contributed by atoms with E-state index in [1.54, 1.807) is 36.4 Å². The Morgan fingerprint density at radius 2 is 1.03 bits per heavy atom. The van der Waals surface area contributed by atoms with Gasteiger partial charge in [0.15, 0.2) is 11.4 Å². The summed E-state index contributed by atoms with van der Waals surface area (Å²) < 4.78 is 166. The number of amides is 2. The van der Waals surface area contributed by atoms with Crippen molar-refractivity contribution < 1.29 is 91.7 Å². The van der Waals surface area contributed by atoms with E-state index in [2.05, 4.69) is 36.3 Å². The third-order valence-electron chi connectivity index (χ3n) is 15.9. The van der Waals surface area contributed by atoms with Crippen LogP contribution in [0.2, 0.25) is 20.1 Å². The fourth-order valence-corrected chi connectivity index (χ4v) is 11.5. The van der Waals surface area contributed by atoms with Gasteiger partial charge in [-0.3, -0.25) is 9.59 Å². The standard InChI is InChI=1S/C29H34BF5N2O6.C29H22Cl2F5N3O4.C7H2BrCl2N/c1-15(29(33,34)35)36-17-13-20(31)23(21(32)14-17)25(38)37-22(26(39)40-6)12-16-9-10-19(24-18(16)8-7-11-41-24)30-42-27(2,3)28(4,5)43-30;1-13(29(34,35)36)38-16-11-21(32)25(22(33)12-16)27(40)39-23(28(41)42)8-14-5-6-18(26-17(14)4-3-7-43-26)24-19(30)9-15(37-2)10-20(24)31;1-11-4-2-5(9)7(8)6(10)3-4/h9-10,13-15,22,36H,7-8,11-12H2,1-6H3,(H,37,38);5-6,9-13,23,38H,3-4,7-8H2,1H3,(H,39,40)(H,41,42);2-3H/t15-,22+;13-,23+;/m11./s1. The number of nitrogens with one attached hydrogen (secondary N) is 4. The van der Waals surface area contributed by atoms with Crippen LogP contribution in [0, 0.1) is 36.4 Å². The Labute approximate surface area is 578 Å². The minimum Gasteiger partial charge on any atom is -0.494 e. The summed E-state index contributed by atoms with van der Waals surface area (Å²) in [4.78, 5) is 57.1. The molecular formula is C65H58BBrCl4F10N6O10. The Balaban J connectivity index is 0.000000236. The van der Waals surface area contributed by atoms with Crippen molar-refractivity contribution in [3.8, 4) is 22.6 Å². The van der Waals surface area contributed by atoms with E-state index in [1.165, 1.54) is 12.1 Å². The first-order valence-electron chi connectivity index (χ1n) is 29.2. The predicted octanol–water partition coefficient (Wildman–Crippen LogP) is 16.4. The third kappa shape index (κ3) is 18.4. The molecule has 5 N–H and O–H groups in total. The van der Waals surface area contributed by atoms with Gasteiger partial charge in [0.05, 0.1) is 49.1 Å². The summed E-state index contributed by atoms with van der Waals surface area (Å²) in [5, 5.41) is 19.4. The molecule has 3 aliphatic heterocycles. The van der Waals surface area contributed by atoms with Crippen molar-refractivity contribution >= 4 is 121 Å². The Bertz CT molecular complexity index is 4010. The number of hydrogen-bond donors (Lipinski definition) is 5. The monoisotopic (exact) mass is 1500 g/mol. The molecule has 2 amide bonds. The topological polar surface area (TPSA) is 192 Å². The number of benzene rings is 6. The van der Waals surface area contributed by atoms with Gasteiger partial charge in [-0.25, -0.2) is 36.8 Å². The largest absolute Gasteiger partial charge is 0.498 e. The third-order valence-corrected chi connectivity index (χ3v) is 18.4. The first kappa shape index (κ1) is 76.7. The molecule has 1 fully saturated rings. The van der Waals surface area contributed by atoms with Crippen LogP contribution < -0.4 is 36.2 Å². The molecule has 0 radical (unpaired) electrons. The number of hydrogen-bond acceptors (Lipinski definition) is 11. The molecule has 97 heavy (non-hydrogen) atoms. The highest BCUT2D eigenvalue weighted by Gasteiger charge is 2.53. The number of aliphatic carboxylic acids is 1. The Kier molecular flexibility index (Phi) is 24.9. The van der Waals surface area contributed by atoms with Crippen LogP contribution in [-0.4, -0.2) is 104 Å². The summed E-state index contributed by atoms with van der Waals surface area (Å²) in [6.07, 6.45) is -7.40. The van der Waals surface area contributed by atoms with Gasteiger partial charge >= 0.3 is 31.4 Å². The molecule has 0 saturated carbocycles. The maximum absolute atomic E-state index is 14.8. The molecule has 3 aliphatic rings. The molecule has 0 spiro atoms. The SMILES string of the molecule is COC(=O)[C@H](Cc1ccc(B2OC(C)(C)C(C)(C)O2)c2c1CCCO2)NC(=O)c1c(F)cc(N[C@H](C)C(F)(F)F)cc1F.[C-]#[N+]c1cc(Cl)c(-c2ccc(C[C@H](NC(=O)c3c(F)cc(N[C@H](C)C(F)(F)F)cc3F)C(=O)O)c3c2OCCC3)c(Cl)c1.[C-]#[N+]c1cc(Cl)c(Br)c(Cl)c1. The van der Waals surface area contributed by atoms with Crippen molar-refractivity contribution in [3.05, 3.63) is 177 Å². The molecule has 16 nitrogen and oxygen atoms in total. The van der Waals surface area contributed by atoms with Crippen molar-refractivity contribution in [2.75, 3.05) is 31.0 Å². The van der Waals surface area contributed by atoms with Crippen LogP contribution in [0.4, 0.5) is 66.7 Å². The number of carboxylic acids is 1. The van der Waals surface area contributed by atoms with Crippen LogP contribution in [0.25, 0.3) is 20.8 Å². The Morgan fingerprint density at radius 1 is 0.639 bits per heavy atom. The summed E-state index contributed by atoms with van der Waals surface area (Å²) in [7, 11) is 0.398. The lowest BCUT2D eigenvalue weighted by atomic mass is 9.75. The number of esters is 1. The van der Waals surface area contributed by atoms with Gasteiger partial charge in [0, 0.05) is 60.9 Å². The highest BCUT2D eigenvalue weighted by molar-refractivity contribution is 9.10. The van der Waals surface area contributed by atoms with Crippen LogP contribution in [0.5, 0.6) is 11.5 Å². The molecular weight excluding hydrogens is 1450 g/mol. The minimum absolute atomic E-state index is 0.0975. The summed E-state index contributed by atoms with van der Waals surface area (Å²) in [5.74, 6) is -9.88. The second kappa shape index (κ2) is 31.4. The van der Waals surface area contributed by atoms with Crippen molar-refractivity contribution in [2.45, 2.75) is 128 Å². The van der Waals surface area contributed by atoms with E-state index in [0.29, 0.717) is 128 Å². The van der Waals surface area contributed by atoms with Gasteiger partial charge in [-0.1, -0.05) is 70.7 Å². The molecule has 6 aromatic carbocycles. The molecule has 9 rings (SSSR count). The number of carbonyl (C=O) groups is 4. The second-order valence-corrected chi connectivity index (χ2v) is 25.6. The molecule has 516 valence electrons. The zero-order valence-corrected chi connectivity index (χ0v) is 56.8. The van der Waals surface area contributed by atoms with Gasteiger partial charge in [-0.15, -0.1) is 0 Å². The smallest absolute Gasteiger partial charge is 0.494 e. The van der Waals surface area contributed by atoms with E-state index < -0.39 is 124 Å². The summed E-state index contributed by atoms with van der Waals surface area (Å²) >= 11 is 27.5. The quantitative estimate of drug-likeness (QED) is 0.0203. The molecule has 0 bridgehead atoms. The minimum atomic E-state index is -4.69. The lowest BCUT2D eigenvalue weighted by Crippen LogP contribution is -2.44. The number of halogens is 15. The van der Waals surface area contributed by atoms with Gasteiger partial charge in [0.25, 0.3) is 11.8 Å². The molecule has 1 saturated heterocycles. The van der Waals surface area contributed by atoms with Crippen molar-refractivity contribution in [2.24, 2.45) is 0 Å². The van der Waals surface area contributed by atoms with Gasteiger partial charge < -0.3 is 49.9 Å². The fraction of sp³-hybridized carbons (Fsp3) is 0.354. The zero-order chi connectivity index (χ0) is 72.0. The molecule has 4 atom stereocenters. The summed E-state index contributed by atoms with van der Waals surface area (Å²) in [6.45, 7) is 23.9. The van der Waals surface area contributed by atoms with Crippen molar-refractivity contribution in [1.82, 2.24) is 10.6 Å². The van der Waals surface area contributed by atoms with E-state index in [-0.39, 0.29) is 28.6 Å². The van der Waals surface area contributed by atoms with Crippen molar-refractivity contribution in [1.29, 1.82) is 0 Å². The molecule has 0 unspecified atom stereocenters. The number of carbonyl (C=O) groups excluding carboxylic acids is 3. The fourth-order valence-electron chi connectivity index (χ4n) is 10.2. The van der Waals surface area contributed by atoms with Crippen LogP contribution in [0.1, 0.15) is 97.4 Å². The normalized spacial score (nSPS) is 15.6. The Morgan fingerprint density at radius 3 is 1.44 bits per heavy atom. The zero-order valence-electron chi connectivity index (χ0n) is 52.2. The number of ether oxygens (including phenoxy) is 3. The number of rotatable bonds is 16. The average molecular weight is 1510 g/mol. The highest BCUT2D eigenvalue weighted by atomic mass is 79.9.